The number of amidine groups is 1. The summed E-state index contributed by atoms with van der Waals surface area (Å²) in [5, 5.41) is 3.45. The Kier molecular flexibility index (Phi) is 11.0. The van der Waals surface area contributed by atoms with E-state index in [1.807, 2.05) is 20.8 Å². The highest BCUT2D eigenvalue weighted by Gasteiger charge is 2.15. The lowest BCUT2D eigenvalue weighted by Gasteiger charge is -2.15. The molecule has 0 fully saturated rings. The molecule has 0 spiro atoms. The van der Waals surface area contributed by atoms with Crippen molar-refractivity contribution in [3.05, 3.63) is 58.9 Å². The van der Waals surface area contributed by atoms with Crippen LogP contribution in [0.5, 0.6) is 11.5 Å². The fourth-order valence-electron chi connectivity index (χ4n) is 2.42. The van der Waals surface area contributed by atoms with E-state index in [2.05, 4.69) is 19.5 Å². The Hall–Kier alpha value is -2.64. The monoisotopic (exact) mass is 480 g/mol. The summed E-state index contributed by atoms with van der Waals surface area (Å²) in [7, 11) is -5.12. The third-order valence-corrected chi connectivity index (χ3v) is 4.25. The smallest absolute Gasteiger partial charge is 0.488 e. The minimum Gasteiger partial charge on any atom is -0.489 e. The number of hydrazone groups is 1. The summed E-state index contributed by atoms with van der Waals surface area (Å²) in [5.41, 5.74) is 3.60. The molecule has 4 N–H and O–H groups in total. The number of aryl methyl sites for hydroxylation is 1. The standard InChI is InChI=1S/C16H17F3N4O4S2.C2H6/c1-2-10-7-11(16(21-20)22-23-28-18)8-15(17)14(10)9-26-12-3-5-13(6-4-12)27-29(19,24)25;1-2/h3-8,23H,2,9,20H2,1H3,(H,21,22);1-2H3. The summed E-state index contributed by atoms with van der Waals surface area (Å²) in [6.07, 6.45) is 0.466. The van der Waals surface area contributed by atoms with Crippen LogP contribution >= 0.6 is 12.3 Å². The third-order valence-electron chi connectivity index (χ3n) is 3.68. The lowest BCUT2D eigenvalue weighted by atomic mass is 10.0. The molecule has 0 saturated carbocycles. The molecule has 0 aliphatic rings. The molecule has 0 aliphatic carbocycles. The van der Waals surface area contributed by atoms with Crippen LogP contribution in [0.4, 0.5) is 12.2 Å². The molecule has 2 aromatic carbocycles. The van der Waals surface area contributed by atoms with Crippen LogP contribution in [-0.2, 0) is 23.5 Å². The average Bonchev–Trinajstić information content (AvgIpc) is 2.74. The number of hydrogen-bond donors (Lipinski definition) is 3. The van der Waals surface area contributed by atoms with E-state index in [1.54, 1.807) is 6.07 Å². The Morgan fingerprint density at radius 1 is 1.19 bits per heavy atom. The van der Waals surface area contributed by atoms with Gasteiger partial charge < -0.3 is 14.8 Å². The van der Waals surface area contributed by atoms with E-state index in [1.165, 1.54) is 30.3 Å². The van der Waals surface area contributed by atoms with Gasteiger partial charge in [-0.25, -0.2) is 4.39 Å². The molecule has 8 nitrogen and oxygen atoms in total. The number of rotatable bonds is 9. The maximum atomic E-state index is 14.6. The Labute approximate surface area is 183 Å². The lowest BCUT2D eigenvalue weighted by Crippen LogP contribution is -2.33. The van der Waals surface area contributed by atoms with Gasteiger partial charge in [0.15, 0.2) is 18.2 Å². The van der Waals surface area contributed by atoms with Gasteiger partial charge in [-0.3, -0.25) is 5.43 Å². The number of nitrogens with one attached hydrogen (secondary N) is 2. The molecular weight excluding hydrogens is 457 g/mol. The van der Waals surface area contributed by atoms with Crippen molar-refractivity contribution in [2.75, 3.05) is 0 Å². The van der Waals surface area contributed by atoms with Crippen molar-refractivity contribution in [2.45, 2.75) is 33.8 Å². The fraction of sp³-hybridized carbons (Fsp3) is 0.278. The van der Waals surface area contributed by atoms with Gasteiger partial charge in [0, 0.05) is 11.1 Å². The van der Waals surface area contributed by atoms with Crippen LogP contribution in [0.25, 0.3) is 0 Å². The molecule has 0 aromatic heterocycles. The van der Waals surface area contributed by atoms with Crippen LogP contribution in [0.15, 0.2) is 41.5 Å². The Bertz CT molecular complexity index is 975. The van der Waals surface area contributed by atoms with E-state index >= 15 is 0 Å². The van der Waals surface area contributed by atoms with E-state index < -0.39 is 16.3 Å². The number of nitrogens with two attached hydrogens (primary N) is 1. The first-order chi connectivity index (χ1) is 14.8. The molecule has 0 radical (unpaired) electrons. The minimum atomic E-state index is -5.12. The van der Waals surface area contributed by atoms with Crippen molar-refractivity contribution in [1.29, 1.82) is 0 Å². The fourth-order valence-corrected chi connectivity index (χ4v) is 2.89. The van der Waals surface area contributed by atoms with Gasteiger partial charge in [0.1, 0.15) is 23.9 Å². The number of hydrogen-bond acceptors (Lipinski definition) is 8. The van der Waals surface area contributed by atoms with Crippen molar-refractivity contribution in [3.8, 4) is 11.5 Å². The van der Waals surface area contributed by atoms with Crippen LogP contribution in [0.3, 0.4) is 0 Å². The summed E-state index contributed by atoms with van der Waals surface area (Å²) >= 11 is -0.207. The highest BCUT2D eigenvalue weighted by molar-refractivity contribution is 7.92. The molecule has 0 unspecified atom stereocenters. The van der Waals surface area contributed by atoms with Gasteiger partial charge in [-0.2, -0.15) is 13.5 Å². The predicted octanol–water partition coefficient (Wildman–Crippen LogP) is 3.83. The number of benzene rings is 2. The van der Waals surface area contributed by atoms with E-state index in [0.717, 1.165) is 0 Å². The van der Waals surface area contributed by atoms with Crippen LogP contribution < -0.4 is 25.0 Å². The summed E-state index contributed by atoms with van der Waals surface area (Å²) in [4.78, 5) is 2.11. The molecule has 2 rings (SSSR count). The van der Waals surface area contributed by atoms with Crippen LogP contribution in [0.1, 0.15) is 37.5 Å². The molecule has 0 saturated heterocycles. The molecule has 0 bridgehead atoms. The zero-order valence-electron chi connectivity index (χ0n) is 17.0. The topological polar surface area (TPSA) is 115 Å². The Morgan fingerprint density at radius 2 is 1.81 bits per heavy atom. The summed E-state index contributed by atoms with van der Waals surface area (Å²) in [5.74, 6) is 4.75. The first-order valence-electron chi connectivity index (χ1n) is 9.02. The molecule has 172 valence electrons. The van der Waals surface area contributed by atoms with Gasteiger partial charge >= 0.3 is 10.5 Å². The van der Waals surface area contributed by atoms with Gasteiger partial charge in [0.25, 0.3) is 0 Å². The van der Waals surface area contributed by atoms with Gasteiger partial charge in [0.05, 0.1) is 0 Å². The van der Waals surface area contributed by atoms with Gasteiger partial charge in [0.2, 0.25) is 0 Å². The van der Waals surface area contributed by atoms with Crippen molar-refractivity contribution < 1.29 is 29.5 Å². The molecule has 31 heavy (non-hydrogen) atoms. The minimum absolute atomic E-state index is 0.0367. The van der Waals surface area contributed by atoms with Crippen molar-refractivity contribution in [2.24, 2.45) is 10.9 Å². The van der Waals surface area contributed by atoms with Crippen LogP contribution in [0, 0.1) is 5.82 Å². The largest absolute Gasteiger partial charge is 0.489 e. The molecule has 0 atom stereocenters. The first-order valence-corrected chi connectivity index (χ1v) is 11.0. The molecule has 0 heterocycles. The summed E-state index contributed by atoms with van der Waals surface area (Å²) < 4.78 is 69.8. The zero-order chi connectivity index (χ0) is 23.4. The predicted molar refractivity (Wildman–Crippen MR) is 114 cm³/mol. The second-order valence-corrected chi connectivity index (χ2v) is 6.78. The van der Waals surface area contributed by atoms with Crippen molar-refractivity contribution in [1.82, 2.24) is 10.3 Å². The molecule has 0 aliphatic heterocycles. The Balaban J connectivity index is 0.00000233. The first kappa shape index (κ1) is 26.4. The number of ether oxygens (including phenoxy) is 1. The molecule has 2 aromatic rings. The highest BCUT2D eigenvalue weighted by Crippen LogP contribution is 2.23. The second kappa shape index (κ2) is 12.9. The third kappa shape index (κ3) is 8.55. The van der Waals surface area contributed by atoms with Crippen molar-refractivity contribution in [3.63, 3.8) is 0 Å². The molecular formula is C18H23F3N4O4S2. The normalized spacial score (nSPS) is 11.4. The second-order valence-electron chi connectivity index (χ2n) is 5.47. The summed E-state index contributed by atoms with van der Waals surface area (Å²) in [6.45, 7) is 5.69. The van der Waals surface area contributed by atoms with E-state index in [4.69, 9.17) is 10.6 Å². The van der Waals surface area contributed by atoms with E-state index in [-0.39, 0.29) is 41.8 Å². The maximum Gasteiger partial charge on any atom is 0.488 e. The van der Waals surface area contributed by atoms with Crippen LogP contribution in [-0.4, -0.2) is 14.3 Å². The quantitative estimate of drug-likeness (QED) is 0.124. The zero-order valence-corrected chi connectivity index (χ0v) is 18.6. The number of nitrogens with zero attached hydrogens (tertiary/aromatic N) is 1. The van der Waals surface area contributed by atoms with Gasteiger partial charge in [-0.05, 0) is 48.4 Å². The highest BCUT2D eigenvalue weighted by atomic mass is 32.3. The SMILES string of the molecule is CC.CCc1cc(/C(=N/N)NNSF)cc(F)c1COc1ccc(OS(=O)(=O)F)cc1. The van der Waals surface area contributed by atoms with Gasteiger partial charge in [-0.15, -0.1) is 8.72 Å². The van der Waals surface area contributed by atoms with E-state index in [0.29, 0.717) is 17.5 Å². The maximum absolute atomic E-state index is 14.6. The van der Waals surface area contributed by atoms with Gasteiger partial charge in [-0.1, -0.05) is 24.7 Å². The Morgan fingerprint density at radius 3 is 2.32 bits per heavy atom. The van der Waals surface area contributed by atoms with Crippen molar-refractivity contribution >= 4 is 28.7 Å². The van der Waals surface area contributed by atoms with E-state index in [9.17, 15) is 20.6 Å². The molecule has 0 amide bonds. The summed E-state index contributed by atoms with van der Waals surface area (Å²) in [6, 6.07) is 7.89. The molecule has 13 heteroatoms. The number of halogens is 3. The number of hydrazine groups is 1. The average molecular weight is 481 g/mol. The van der Waals surface area contributed by atoms with Crippen LogP contribution in [0.2, 0.25) is 0 Å². The lowest BCUT2D eigenvalue weighted by molar-refractivity contribution is 0.298.